The zero-order valence-corrected chi connectivity index (χ0v) is 12.5. The van der Waals surface area contributed by atoms with Crippen LogP contribution in [0.15, 0.2) is 11.1 Å². The van der Waals surface area contributed by atoms with E-state index in [9.17, 15) is 8.42 Å². The summed E-state index contributed by atoms with van der Waals surface area (Å²) in [4.78, 5) is 0.135. The fourth-order valence-electron chi connectivity index (χ4n) is 2.49. The summed E-state index contributed by atoms with van der Waals surface area (Å²) in [6.07, 6.45) is 3.48. The van der Waals surface area contributed by atoms with Crippen LogP contribution in [0.2, 0.25) is 0 Å². The summed E-state index contributed by atoms with van der Waals surface area (Å²) >= 11 is 0. The molecule has 1 aromatic heterocycles. The summed E-state index contributed by atoms with van der Waals surface area (Å²) in [6, 6.07) is 0.0191. The van der Waals surface area contributed by atoms with E-state index in [1.807, 2.05) is 13.8 Å². The molecule has 2 atom stereocenters. The number of piperidine rings is 1. The second-order valence-electron chi connectivity index (χ2n) is 5.34. The van der Waals surface area contributed by atoms with Crippen molar-refractivity contribution in [1.29, 1.82) is 0 Å². The third kappa shape index (κ3) is 2.62. The fourth-order valence-corrected chi connectivity index (χ4v) is 4.33. The minimum atomic E-state index is -3.54. The van der Waals surface area contributed by atoms with E-state index in [4.69, 9.17) is 5.73 Å². The Morgan fingerprint density at radius 2 is 2.11 bits per heavy atom. The van der Waals surface area contributed by atoms with Crippen molar-refractivity contribution in [3.8, 4) is 0 Å². The van der Waals surface area contributed by atoms with Crippen molar-refractivity contribution in [2.45, 2.75) is 51.1 Å². The molecule has 2 N–H and O–H groups in total. The molecule has 2 rings (SSSR count). The maximum Gasteiger partial charge on any atom is 0.248 e. The lowest BCUT2D eigenvalue weighted by atomic mass is 9.97. The highest BCUT2D eigenvalue weighted by Crippen LogP contribution is 2.29. The van der Waals surface area contributed by atoms with E-state index in [1.54, 1.807) is 8.99 Å². The first kappa shape index (κ1) is 14.3. The van der Waals surface area contributed by atoms with E-state index in [1.165, 1.54) is 6.20 Å². The summed E-state index contributed by atoms with van der Waals surface area (Å²) in [6.45, 7) is 7.08. The summed E-state index contributed by atoms with van der Waals surface area (Å²) in [7, 11) is -3.54. The van der Waals surface area contributed by atoms with Crippen molar-refractivity contribution in [3.05, 3.63) is 6.20 Å². The number of nitrogens with two attached hydrogens (primary N) is 1. The van der Waals surface area contributed by atoms with Gasteiger partial charge in [-0.15, -0.1) is 0 Å². The summed E-state index contributed by atoms with van der Waals surface area (Å²) in [5.41, 5.74) is 5.75. The van der Waals surface area contributed by atoms with Crippen molar-refractivity contribution in [2.24, 2.45) is 5.92 Å². The topological polar surface area (TPSA) is 81.2 Å². The predicted octanol–water partition coefficient (Wildman–Crippen LogP) is 1.29. The zero-order valence-electron chi connectivity index (χ0n) is 11.7. The highest BCUT2D eigenvalue weighted by molar-refractivity contribution is 7.89. The normalized spacial score (nSPS) is 25.6. The van der Waals surface area contributed by atoms with Gasteiger partial charge in [0.1, 0.15) is 4.90 Å². The Morgan fingerprint density at radius 1 is 1.42 bits per heavy atom. The minimum Gasteiger partial charge on any atom is -0.381 e. The van der Waals surface area contributed by atoms with Gasteiger partial charge >= 0.3 is 0 Å². The van der Waals surface area contributed by atoms with E-state index < -0.39 is 10.0 Å². The maximum atomic E-state index is 12.7. The van der Waals surface area contributed by atoms with Gasteiger partial charge in [0.15, 0.2) is 5.82 Å². The summed E-state index contributed by atoms with van der Waals surface area (Å²) < 4.78 is 28.5. The fraction of sp³-hybridized carbons (Fsp3) is 0.750. The van der Waals surface area contributed by atoms with Gasteiger partial charge < -0.3 is 5.73 Å². The lowest BCUT2D eigenvalue weighted by molar-refractivity contribution is 0.218. The Labute approximate surface area is 114 Å². The molecule has 0 bridgehead atoms. The predicted molar refractivity (Wildman–Crippen MR) is 74.1 cm³/mol. The average molecular weight is 286 g/mol. The van der Waals surface area contributed by atoms with Gasteiger partial charge in [-0.05, 0) is 32.6 Å². The van der Waals surface area contributed by atoms with Crippen molar-refractivity contribution in [1.82, 2.24) is 14.1 Å². The lowest BCUT2D eigenvalue weighted by Gasteiger charge is -2.35. The smallest absolute Gasteiger partial charge is 0.248 e. The zero-order chi connectivity index (χ0) is 14.2. The SMILES string of the molecule is CCn1cc(S(=O)(=O)N2CC(C)CCC2C)c(N)n1. The largest absolute Gasteiger partial charge is 0.381 e. The molecule has 0 aromatic carbocycles. The quantitative estimate of drug-likeness (QED) is 0.908. The number of nitrogen functional groups attached to an aromatic ring is 1. The molecule has 0 radical (unpaired) electrons. The molecule has 0 amide bonds. The third-order valence-electron chi connectivity index (χ3n) is 3.73. The van der Waals surface area contributed by atoms with Gasteiger partial charge in [0, 0.05) is 25.3 Å². The molecule has 0 saturated carbocycles. The van der Waals surface area contributed by atoms with Gasteiger partial charge in [-0.2, -0.15) is 9.40 Å². The molecule has 1 saturated heterocycles. The molecule has 2 unspecified atom stereocenters. The average Bonchev–Trinajstić information content (AvgIpc) is 2.74. The molecular formula is C12H22N4O2S. The van der Waals surface area contributed by atoms with Crippen LogP contribution in [0.3, 0.4) is 0 Å². The summed E-state index contributed by atoms with van der Waals surface area (Å²) in [5, 5.41) is 4.02. The Morgan fingerprint density at radius 3 is 2.68 bits per heavy atom. The second-order valence-corrected chi connectivity index (χ2v) is 7.20. The van der Waals surface area contributed by atoms with Gasteiger partial charge in [0.05, 0.1) is 0 Å². The number of aromatic nitrogens is 2. The first-order valence-electron chi connectivity index (χ1n) is 6.71. The molecule has 6 nitrogen and oxygen atoms in total. The molecule has 1 aliphatic heterocycles. The summed E-state index contributed by atoms with van der Waals surface area (Å²) in [5.74, 6) is 0.473. The van der Waals surface area contributed by atoms with E-state index in [0.29, 0.717) is 19.0 Å². The number of hydrogen-bond acceptors (Lipinski definition) is 4. The van der Waals surface area contributed by atoms with Crippen LogP contribution in [0.25, 0.3) is 0 Å². The minimum absolute atomic E-state index is 0.0191. The first-order chi connectivity index (χ1) is 8.86. The maximum absolute atomic E-state index is 12.7. The van der Waals surface area contributed by atoms with Gasteiger partial charge in [0.2, 0.25) is 10.0 Å². The van der Waals surface area contributed by atoms with Crippen LogP contribution in [-0.2, 0) is 16.6 Å². The van der Waals surface area contributed by atoms with Crippen LogP contribution in [0, 0.1) is 5.92 Å². The number of sulfonamides is 1. The van der Waals surface area contributed by atoms with Crippen LogP contribution in [0.1, 0.15) is 33.6 Å². The molecule has 108 valence electrons. The third-order valence-corrected chi connectivity index (χ3v) is 5.72. The standard InChI is InChI=1S/C12H22N4O2S/c1-4-15-8-11(12(13)14-15)19(17,18)16-7-9(2)5-6-10(16)3/h8-10H,4-7H2,1-3H3,(H2,13,14). The van der Waals surface area contributed by atoms with Crippen molar-refractivity contribution in [2.75, 3.05) is 12.3 Å². The Balaban J connectivity index is 2.37. The van der Waals surface area contributed by atoms with Crippen LogP contribution < -0.4 is 5.73 Å². The molecule has 2 heterocycles. The molecule has 1 fully saturated rings. The molecule has 0 spiro atoms. The highest BCUT2D eigenvalue weighted by Gasteiger charge is 2.35. The highest BCUT2D eigenvalue weighted by atomic mass is 32.2. The Bertz CT molecular complexity index is 552. The number of rotatable bonds is 3. The number of nitrogens with zero attached hydrogens (tertiary/aromatic N) is 3. The molecule has 7 heteroatoms. The van der Waals surface area contributed by atoms with Crippen molar-refractivity contribution in [3.63, 3.8) is 0 Å². The van der Waals surface area contributed by atoms with E-state index >= 15 is 0 Å². The molecule has 19 heavy (non-hydrogen) atoms. The number of anilines is 1. The Hall–Kier alpha value is -1.08. The molecule has 0 aliphatic carbocycles. The van der Waals surface area contributed by atoms with Crippen LogP contribution in [0.5, 0.6) is 0 Å². The number of aryl methyl sites for hydroxylation is 1. The van der Waals surface area contributed by atoms with Crippen LogP contribution in [0.4, 0.5) is 5.82 Å². The van der Waals surface area contributed by atoms with Crippen LogP contribution >= 0.6 is 0 Å². The lowest BCUT2D eigenvalue weighted by Crippen LogP contribution is -2.44. The second kappa shape index (κ2) is 5.13. The van der Waals surface area contributed by atoms with E-state index in [2.05, 4.69) is 12.0 Å². The Kier molecular flexibility index (Phi) is 3.87. The molecule has 1 aromatic rings. The van der Waals surface area contributed by atoms with Crippen molar-refractivity contribution >= 4 is 15.8 Å². The number of hydrogen-bond donors (Lipinski definition) is 1. The molecular weight excluding hydrogens is 264 g/mol. The van der Waals surface area contributed by atoms with Gasteiger partial charge in [-0.1, -0.05) is 6.92 Å². The monoisotopic (exact) mass is 286 g/mol. The van der Waals surface area contributed by atoms with Crippen LogP contribution in [-0.4, -0.2) is 35.1 Å². The van der Waals surface area contributed by atoms with E-state index in [-0.39, 0.29) is 16.8 Å². The van der Waals surface area contributed by atoms with E-state index in [0.717, 1.165) is 12.8 Å². The van der Waals surface area contributed by atoms with Crippen molar-refractivity contribution < 1.29 is 8.42 Å². The van der Waals surface area contributed by atoms with Gasteiger partial charge in [0.25, 0.3) is 0 Å². The van der Waals surface area contributed by atoms with Gasteiger partial charge in [-0.25, -0.2) is 8.42 Å². The first-order valence-corrected chi connectivity index (χ1v) is 8.15. The molecule has 1 aliphatic rings. The van der Waals surface area contributed by atoms with Gasteiger partial charge in [-0.3, -0.25) is 4.68 Å².